The van der Waals surface area contributed by atoms with Gasteiger partial charge in [-0.1, -0.05) is 18.2 Å². The number of hydrogen-bond acceptors (Lipinski definition) is 4. The van der Waals surface area contributed by atoms with E-state index < -0.39 is 5.91 Å². The average molecular weight is 230 g/mol. The van der Waals surface area contributed by atoms with Crippen molar-refractivity contribution in [3.63, 3.8) is 0 Å². The number of anilines is 1. The number of benzene rings is 1. The second-order valence-corrected chi connectivity index (χ2v) is 3.65. The number of aromatic nitrogens is 1. The molecule has 0 aliphatic carbocycles. The number of carbonyl (C=O) groups is 1. The molecular weight excluding hydrogens is 216 g/mol. The number of fused-ring (bicyclic) bond motifs is 1. The van der Waals surface area contributed by atoms with Gasteiger partial charge in [-0.3, -0.25) is 4.79 Å². The van der Waals surface area contributed by atoms with Gasteiger partial charge in [0.2, 0.25) is 5.91 Å². The number of hydrogen-bond donors (Lipinski definition) is 3. The van der Waals surface area contributed by atoms with Crippen LogP contribution in [0.4, 0.5) is 5.82 Å². The van der Waals surface area contributed by atoms with Gasteiger partial charge in [-0.05, 0) is 12.1 Å². The van der Waals surface area contributed by atoms with E-state index in [1.807, 2.05) is 24.3 Å². The molecule has 0 radical (unpaired) electrons. The summed E-state index contributed by atoms with van der Waals surface area (Å²) in [5, 5.41) is 3.80. The molecule has 0 aliphatic rings. The van der Waals surface area contributed by atoms with Crippen LogP contribution in [0.15, 0.2) is 30.3 Å². The molecular formula is C12H14N4O. The van der Waals surface area contributed by atoms with Crippen LogP contribution in [0, 0.1) is 0 Å². The average Bonchev–Trinajstić information content (AvgIpc) is 2.35. The highest BCUT2D eigenvalue weighted by Crippen LogP contribution is 2.20. The fourth-order valence-corrected chi connectivity index (χ4v) is 1.67. The largest absolute Gasteiger partial charge is 0.369 e. The molecule has 0 saturated carbocycles. The van der Waals surface area contributed by atoms with Crippen LogP contribution in [0.25, 0.3) is 10.9 Å². The summed E-state index contributed by atoms with van der Waals surface area (Å²) in [4.78, 5) is 15.8. The zero-order chi connectivity index (χ0) is 12.3. The lowest BCUT2D eigenvalue weighted by Gasteiger charge is -2.08. The first kappa shape index (κ1) is 11.3. The van der Waals surface area contributed by atoms with E-state index in [9.17, 15) is 4.79 Å². The van der Waals surface area contributed by atoms with Gasteiger partial charge >= 0.3 is 0 Å². The van der Waals surface area contributed by atoms with Crippen LogP contribution in [0.1, 0.15) is 10.4 Å². The summed E-state index contributed by atoms with van der Waals surface area (Å²) in [6, 6.07) is 9.04. The van der Waals surface area contributed by atoms with E-state index in [1.54, 1.807) is 6.07 Å². The number of pyridine rings is 1. The van der Waals surface area contributed by atoms with E-state index in [0.717, 1.165) is 10.9 Å². The molecule has 5 N–H and O–H groups in total. The first-order chi connectivity index (χ1) is 8.22. The number of nitrogens with zero attached hydrogens (tertiary/aromatic N) is 1. The maximum Gasteiger partial charge on any atom is 0.249 e. The minimum Gasteiger partial charge on any atom is -0.369 e. The molecule has 0 saturated heterocycles. The van der Waals surface area contributed by atoms with E-state index >= 15 is 0 Å². The van der Waals surface area contributed by atoms with Crippen molar-refractivity contribution in [3.8, 4) is 0 Å². The Balaban J connectivity index is 2.55. The fourth-order valence-electron chi connectivity index (χ4n) is 1.67. The minimum atomic E-state index is -0.459. The van der Waals surface area contributed by atoms with Gasteiger partial charge in [0.05, 0.1) is 11.1 Å². The lowest BCUT2D eigenvalue weighted by Crippen LogP contribution is -2.16. The minimum absolute atomic E-state index is 0.459. The Bertz CT molecular complexity index is 553. The van der Waals surface area contributed by atoms with Crippen LogP contribution in [0.3, 0.4) is 0 Å². The van der Waals surface area contributed by atoms with Crippen LogP contribution in [0.5, 0.6) is 0 Å². The summed E-state index contributed by atoms with van der Waals surface area (Å²) < 4.78 is 0. The molecule has 1 aromatic carbocycles. The summed E-state index contributed by atoms with van der Waals surface area (Å²) in [6.07, 6.45) is 0. The molecule has 1 aromatic heterocycles. The van der Waals surface area contributed by atoms with Crippen molar-refractivity contribution < 1.29 is 4.79 Å². The van der Waals surface area contributed by atoms with Gasteiger partial charge in [-0.15, -0.1) is 0 Å². The molecule has 0 aliphatic heterocycles. The normalized spacial score (nSPS) is 10.4. The van der Waals surface area contributed by atoms with E-state index in [2.05, 4.69) is 10.3 Å². The van der Waals surface area contributed by atoms with Crippen LogP contribution in [-0.2, 0) is 0 Å². The number of rotatable bonds is 4. The number of amides is 1. The third-order valence-corrected chi connectivity index (χ3v) is 2.43. The highest BCUT2D eigenvalue weighted by Gasteiger charge is 2.09. The molecule has 0 unspecified atom stereocenters. The molecule has 17 heavy (non-hydrogen) atoms. The van der Waals surface area contributed by atoms with E-state index in [4.69, 9.17) is 11.5 Å². The van der Waals surface area contributed by atoms with Crippen molar-refractivity contribution in [2.75, 3.05) is 18.4 Å². The van der Waals surface area contributed by atoms with Gasteiger partial charge in [0, 0.05) is 18.5 Å². The lowest BCUT2D eigenvalue weighted by molar-refractivity contribution is 0.100. The number of nitrogens with one attached hydrogen (secondary N) is 1. The molecule has 88 valence electrons. The number of nitrogens with two attached hydrogens (primary N) is 2. The second kappa shape index (κ2) is 4.80. The Morgan fingerprint density at radius 3 is 2.82 bits per heavy atom. The first-order valence-corrected chi connectivity index (χ1v) is 5.36. The van der Waals surface area contributed by atoms with Crippen molar-refractivity contribution in [2.45, 2.75) is 0 Å². The summed E-state index contributed by atoms with van der Waals surface area (Å²) in [5.74, 6) is 0.155. The molecule has 0 fully saturated rings. The lowest BCUT2D eigenvalue weighted by atomic mass is 10.1. The van der Waals surface area contributed by atoms with Crippen molar-refractivity contribution in [2.24, 2.45) is 11.5 Å². The molecule has 0 bridgehead atoms. The Kier molecular flexibility index (Phi) is 3.20. The third-order valence-electron chi connectivity index (χ3n) is 2.43. The summed E-state index contributed by atoms with van der Waals surface area (Å²) in [5.41, 5.74) is 12.0. The van der Waals surface area contributed by atoms with Gasteiger partial charge in [0.25, 0.3) is 0 Å². The monoisotopic (exact) mass is 230 g/mol. The van der Waals surface area contributed by atoms with Gasteiger partial charge in [-0.25, -0.2) is 4.98 Å². The highest BCUT2D eigenvalue weighted by molar-refractivity contribution is 6.06. The predicted molar refractivity (Wildman–Crippen MR) is 67.8 cm³/mol. The fraction of sp³-hybridized carbons (Fsp3) is 0.167. The SMILES string of the molecule is NCCNc1cc(C(N)=O)c2ccccc2n1. The topological polar surface area (TPSA) is 94.0 Å². The molecule has 5 nitrogen and oxygen atoms in total. The maximum atomic E-state index is 11.4. The number of carbonyl (C=O) groups excluding carboxylic acids is 1. The summed E-state index contributed by atoms with van der Waals surface area (Å²) in [6.45, 7) is 1.10. The van der Waals surface area contributed by atoms with Gasteiger partial charge < -0.3 is 16.8 Å². The van der Waals surface area contributed by atoms with Crippen molar-refractivity contribution >= 4 is 22.6 Å². The Morgan fingerprint density at radius 2 is 2.12 bits per heavy atom. The van der Waals surface area contributed by atoms with Crippen molar-refractivity contribution in [1.82, 2.24) is 4.98 Å². The third kappa shape index (κ3) is 2.34. The van der Waals surface area contributed by atoms with Gasteiger partial charge in [-0.2, -0.15) is 0 Å². The van der Waals surface area contributed by atoms with E-state index in [1.165, 1.54) is 0 Å². The molecule has 5 heteroatoms. The standard InChI is InChI=1S/C12H14N4O/c13-5-6-15-11-7-9(12(14)17)8-3-1-2-4-10(8)16-11/h1-4,7H,5-6,13H2,(H2,14,17)(H,15,16). The molecule has 0 atom stereocenters. The molecule has 2 rings (SSSR count). The summed E-state index contributed by atoms with van der Waals surface area (Å²) in [7, 11) is 0. The van der Waals surface area contributed by atoms with Gasteiger partial charge in [0.15, 0.2) is 0 Å². The highest BCUT2D eigenvalue weighted by atomic mass is 16.1. The Hall–Kier alpha value is -2.14. The van der Waals surface area contributed by atoms with E-state index in [0.29, 0.717) is 24.5 Å². The van der Waals surface area contributed by atoms with Crippen LogP contribution >= 0.6 is 0 Å². The quantitative estimate of drug-likeness (QED) is 0.720. The smallest absolute Gasteiger partial charge is 0.249 e. The number of para-hydroxylation sites is 1. The Labute approximate surface area is 98.8 Å². The molecule has 1 amide bonds. The van der Waals surface area contributed by atoms with Crippen molar-refractivity contribution in [3.05, 3.63) is 35.9 Å². The molecule has 2 aromatic rings. The Morgan fingerprint density at radius 1 is 1.35 bits per heavy atom. The first-order valence-electron chi connectivity index (χ1n) is 5.36. The predicted octanol–water partition coefficient (Wildman–Crippen LogP) is 0.704. The number of primary amides is 1. The van der Waals surface area contributed by atoms with Crippen LogP contribution in [0.2, 0.25) is 0 Å². The van der Waals surface area contributed by atoms with Crippen LogP contribution < -0.4 is 16.8 Å². The zero-order valence-electron chi connectivity index (χ0n) is 9.31. The van der Waals surface area contributed by atoms with Gasteiger partial charge in [0.1, 0.15) is 5.82 Å². The van der Waals surface area contributed by atoms with Crippen molar-refractivity contribution in [1.29, 1.82) is 0 Å². The molecule has 0 spiro atoms. The maximum absolute atomic E-state index is 11.4. The zero-order valence-corrected chi connectivity index (χ0v) is 9.31. The molecule has 1 heterocycles. The second-order valence-electron chi connectivity index (χ2n) is 3.65. The van der Waals surface area contributed by atoms with E-state index in [-0.39, 0.29) is 0 Å². The van der Waals surface area contributed by atoms with Crippen LogP contribution in [-0.4, -0.2) is 24.0 Å². The summed E-state index contributed by atoms with van der Waals surface area (Å²) >= 11 is 0.